The molecule has 0 fully saturated rings. The van der Waals surface area contributed by atoms with Crippen molar-refractivity contribution >= 4 is 11.9 Å². The molecule has 0 unspecified atom stereocenters. The van der Waals surface area contributed by atoms with E-state index >= 15 is 0 Å². The van der Waals surface area contributed by atoms with E-state index in [9.17, 15) is 4.79 Å². The van der Waals surface area contributed by atoms with Crippen molar-refractivity contribution < 1.29 is 4.79 Å². The minimum Gasteiger partial charge on any atom is -0.289 e. The van der Waals surface area contributed by atoms with Gasteiger partial charge in [0.05, 0.1) is 22.6 Å². The summed E-state index contributed by atoms with van der Waals surface area (Å²) in [4.78, 5) is 12.5. The molecule has 0 atom stereocenters. The summed E-state index contributed by atoms with van der Waals surface area (Å²) in [7, 11) is 0. The van der Waals surface area contributed by atoms with Crippen LogP contribution in [0.2, 0.25) is 0 Å². The smallest absolute Gasteiger partial charge is 0.189 e. The second kappa shape index (κ2) is 6.89. The van der Waals surface area contributed by atoms with Gasteiger partial charge in [0, 0.05) is 24.0 Å². The highest BCUT2D eigenvalue weighted by molar-refractivity contribution is 6.07. The highest BCUT2D eigenvalue weighted by atomic mass is 16.1. The highest BCUT2D eigenvalue weighted by Crippen LogP contribution is 2.19. The molecule has 0 N–H and O–H groups in total. The van der Waals surface area contributed by atoms with Crippen LogP contribution in [0.5, 0.6) is 0 Å². The van der Waals surface area contributed by atoms with Crippen molar-refractivity contribution in [2.45, 2.75) is 34.2 Å². The number of carbonyl (C=O) groups is 1. The minimum atomic E-state index is -0.0385. The summed E-state index contributed by atoms with van der Waals surface area (Å²) in [5.74, 6) is -0.0385. The fourth-order valence-electron chi connectivity index (χ4n) is 2.89. The lowest BCUT2D eigenvalue weighted by atomic mass is 10.1. The molecule has 0 aliphatic carbocycles. The molecule has 3 aromatic rings. The van der Waals surface area contributed by atoms with Crippen molar-refractivity contribution in [1.29, 1.82) is 0 Å². The van der Waals surface area contributed by atoms with E-state index in [1.165, 1.54) is 0 Å². The van der Waals surface area contributed by atoms with Crippen molar-refractivity contribution in [3.63, 3.8) is 0 Å². The van der Waals surface area contributed by atoms with Crippen LogP contribution in [0.3, 0.4) is 0 Å². The zero-order valence-electron chi connectivity index (χ0n) is 15.0. The standard InChI is InChI=1S/C20H22N4O/c1-5-23-13-19(15(3)21-23)20(25)12-11-18-14(2)22-24(16(18)4)17-9-7-6-8-10-17/h6-13H,5H2,1-4H3/b12-11+. The number of para-hydroxylation sites is 1. The quantitative estimate of drug-likeness (QED) is 0.525. The Hall–Kier alpha value is -2.95. The molecule has 0 amide bonds. The molecule has 5 nitrogen and oxygen atoms in total. The Morgan fingerprint density at radius 3 is 2.44 bits per heavy atom. The summed E-state index contributed by atoms with van der Waals surface area (Å²) >= 11 is 0. The van der Waals surface area contributed by atoms with Crippen molar-refractivity contribution in [2.24, 2.45) is 0 Å². The third-order valence-corrected chi connectivity index (χ3v) is 4.29. The molecule has 0 aliphatic heterocycles. The highest BCUT2D eigenvalue weighted by Gasteiger charge is 2.13. The summed E-state index contributed by atoms with van der Waals surface area (Å²) in [6.45, 7) is 8.58. The minimum absolute atomic E-state index is 0.0385. The van der Waals surface area contributed by atoms with Crippen LogP contribution in [-0.2, 0) is 6.54 Å². The zero-order chi connectivity index (χ0) is 18.0. The number of hydrogen-bond acceptors (Lipinski definition) is 3. The predicted molar refractivity (Wildman–Crippen MR) is 99.0 cm³/mol. The van der Waals surface area contributed by atoms with Gasteiger partial charge in [-0.25, -0.2) is 4.68 Å². The molecule has 3 rings (SSSR count). The molecule has 0 bridgehead atoms. The maximum Gasteiger partial charge on any atom is 0.189 e. The van der Waals surface area contributed by atoms with Gasteiger partial charge in [-0.15, -0.1) is 0 Å². The number of aryl methyl sites for hydroxylation is 3. The van der Waals surface area contributed by atoms with E-state index < -0.39 is 0 Å². The molecule has 0 saturated heterocycles. The van der Waals surface area contributed by atoms with Crippen LogP contribution in [-0.4, -0.2) is 25.3 Å². The Balaban J connectivity index is 1.90. The number of hydrogen-bond donors (Lipinski definition) is 0. The lowest BCUT2D eigenvalue weighted by Crippen LogP contribution is -1.98. The van der Waals surface area contributed by atoms with Crippen LogP contribution in [0.25, 0.3) is 11.8 Å². The maximum atomic E-state index is 12.5. The maximum absolute atomic E-state index is 12.5. The first-order chi connectivity index (χ1) is 12.0. The first-order valence-corrected chi connectivity index (χ1v) is 8.39. The van der Waals surface area contributed by atoms with Crippen LogP contribution in [0.15, 0.2) is 42.6 Å². The average Bonchev–Trinajstić information content (AvgIpc) is 3.13. The van der Waals surface area contributed by atoms with E-state index in [1.54, 1.807) is 17.0 Å². The van der Waals surface area contributed by atoms with Gasteiger partial charge in [0.2, 0.25) is 0 Å². The number of aromatic nitrogens is 4. The molecule has 5 heteroatoms. The van der Waals surface area contributed by atoms with Gasteiger partial charge in [-0.2, -0.15) is 10.2 Å². The van der Waals surface area contributed by atoms with Crippen molar-refractivity contribution in [3.8, 4) is 5.69 Å². The Labute approximate surface area is 147 Å². The molecular formula is C20H22N4O. The van der Waals surface area contributed by atoms with Gasteiger partial charge in [0.15, 0.2) is 5.78 Å². The largest absolute Gasteiger partial charge is 0.289 e. The van der Waals surface area contributed by atoms with Gasteiger partial charge in [0.25, 0.3) is 0 Å². The van der Waals surface area contributed by atoms with Crippen LogP contribution in [0, 0.1) is 20.8 Å². The van der Waals surface area contributed by atoms with Gasteiger partial charge in [-0.05, 0) is 52.0 Å². The normalized spacial score (nSPS) is 11.4. The van der Waals surface area contributed by atoms with Crippen LogP contribution >= 0.6 is 0 Å². The Morgan fingerprint density at radius 2 is 1.80 bits per heavy atom. The van der Waals surface area contributed by atoms with E-state index in [0.717, 1.165) is 34.9 Å². The van der Waals surface area contributed by atoms with Gasteiger partial charge in [-0.1, -0.05) is 18.2 Å². The number of allylic oxidation sites excluding steroid dienone is 1. The van der Waals surface area contributed by atoms with Gasteiger partial charge in [-0.3, -0.25) is 9.48 Å². The van der Waals surface area contributed by atoms with E-state index in [-0.39, 0.29) is 5.78 Å². The first kappa shape index (κ1) is 16.9. The molecule has 0 saturated carbocycles. The number of carbonyl (C=O) groups excluding carboxylic acids is 1. The van der Waals surface area contributed by atoms with E-state index in [4.69, 9.17) is 0 Å². The third-order valence-electron chi connectivity index (χ3n) is 4.29. The Bertz CT molecular complexity index is 932. The summed E-state index contributed by atoms with van der Waals surface area (Å²) < 4.78 is 3.68. The molecule has 25 heavy (non-hydrogen) atoms. The van der Waals surface area contributed by atoms with Crippen molar-refractivity contribution in [1.82, 2.24) is 19.6 Å². The molecule has 128 valence electrons. The lowest BCUT2D eigenvalue weighted by molar-refractivity contribution is 0.104. The molecule has 1 aromatic carbocycles. The van der Waals surface area contributed by atoms with Gasteiger partial charge >= 0.3 is 0 Å². The van der Waals surface area contributed by atoms with E-state index in [2.05, 4.69) is 10.2 Å². The fourth-order valence-corrected chi connectivity index (χ4v) is 2.89. The number of nitrogens with zero attached hydrogens (tertiary/aromatic N) is 4. The molecule has 2 aromatic heterocycles. The molecule has 0 radical (unpaired) electrons. The summed E-state index contributed by atoms with van der Waals surface area (Å²) in [6, 6.07) is 9.98. The number of benzene rings is 1. The van der Waals surface area contributed by atoms with Crippen molar-refractivity contribution in [3.05, 3.63) is 70.8 Å². The second-order valence-corrected chi connectivity index (χ2v) is 6.01. The second-order valence-electron chi connectivity index (χ2n) is 6.01. The number of rotatable bonds is 5. The van der Waals surface area contributed by atoms with E-state index in [1.807, 2.05) is 68.8 Å². The molecule has 2 heterocycles. The average molecular weight is 334 g/mol. The van der Waals surface area contributed by atoms with Gasteiger partial charge < -0.3 is 0 Å². The van der Waals surface area contributed by atoms with E-state index in [0.29, 0.717) is 5.56 Å². The lowest BCUT2D eigenvalue weighted by Gasteiger charge is -2.03. The first-order valence-electron chi connectivity index (χ1n) is 8.39. The summed E-state index contributed by atoms with van der Waals surface area (Å²) in [6.07, 6.45) is 5.26. The van der Waals surface area contributed by atoms with Crippen LogP contribution in [0.4, 0.5) is 0 Å². The Kier molecular flexibility index (Phi) is 4.65. The number of ketones is 1. The van der Waals surface area contributed by atoms with Crippen LogP contribution < -0.4 is 0 Å². The monoisotopic (exact) mass is 334 g/mol. The zero-order valence-corrected chi connectivity index (χ0v) is 15.0. The fraction of sp³-hybridized carbons (Fsp3) is 0.250. The topological polar surface area (TPSA) is 52.7 Å². The summed E-state index contributed by atoms with van der Waals surface area (Å²) in [5, 5.41) is 8.93. The Morgan fingerprint density at radius 1 is 1.08 bits per heavy atom. The van der Waals surface area contributed by atoms with Crippen molar-refractivity contribution in [2.75, 3.05) is 0 Å². The SMILES string of the molecule is CCn1cc(C(=O)/C=C/c2c(C)nn(-c3ccccc3)c2C)c(C)n1. The summed E-state index contributed by atoms with van der Waals surface area (Å²) in [5.41, 5.74) is 5.28. The molecular weight excluding hydrogens is 312 g/mol. The van der Waals surface area contributed by atoms with Crippen LogP contribution in [0.1, 0.15) is 39.9 Å². The predicted octanol–water partition coefficient (Wildman–Crippen LogP) is 3.91. The van der Waals surface area contributed by atoms with Gasteiger partial charge in [0.1, 0.15) is 0 Å². The molecule has 0 aliphatic rings. The molecule has 0 spiro atoms. The third kappa shape index (κ3) is 3.31.